The maximum Gasteiger partial charge on any atom is 0.355 e. The number of benzene rings is 2. The van der Waals surface area contributed by atoms with Crippen LogP contribution in [0.1, 0.15) is 40.4 Å². The highest BCUT2D eigenvalue weighted by Crippen LogP contribution is 2.41. The first-order valence-corrected chi connectivity index (χ1v) is 11.2. The number of rotatable bonds is 3. The van der Waals surface area contributed by atoms with Gasteiger partial charge in [-0.3, -0.25) is 4.79 Å². The molecule has 0 N–H and O–H groups in total. The van der Waals surface area contributed by atoms with E-state index in [9.17, 15) is 18.8 Å². The Morgan fingerprint density at radius 2 is 1.91 bits per heavy atom. The molecule has 7 nitrogen and oxygen atoms in total. The van der Waals surface area contributed by atoms with Crippen molar-refractivity contribution in [1.82, 2.24) is 9.55 Å². The molecule has 6 rings (SSSR count). The van der Waals surface area contributed by atoms with Crippen molar-refractivity contribution in [3.8, 4) is 11.4 Å². The minimum atomic E-state index is -1.89. The van der Waals surface area contributed by atoms with E-state index < -0.39 is 23.4 Å². The van der Waals surface area contributed by atoms with E-state index in [4.69, 9.17) is 14.5 Å². The Kier molecular flexibility index (Phi) is 4.60. The summed E-state index contributed by atoms with van der Waals surface area (Å²) < 4.78 is 26.9. The molecule has 0 unspecified atom stereocenters. The summed E-state index contributed by atoms with van der Waals surface area (Å²) in [5.74, 6) is -2.58. The second-order valence-electron chi connectivity index (χ2n) is 8.63. The number of pyridine rings is 2. The van der Waals surface area contributed by atoms with Gasteiger partial charge in [0.05, 0.1) is 34.6 Å². The Balaban J connectivity index is 1.54. The van der Waals surface area contributed by atoms with Gasteiger partial charge in [-0.1, -0.05) is 37.3 Å². The van der Waals surface area contributed by atoms with Gasteiger partial charge in [-0.15, -0.1) is 0 Å². The first kappa shape index (κ1) is 21.2. The van der Waals surface area contributed by atoms with E-state index in [2.05, 4.69) is 0 Å². The van der Waals surface area contributed by atoms with Crippen molar-refractivity contribution >= 4 is 22.8 Å². The summed E-state index contributed by atoms with van der Waals surface area (Å²) in [6.07, 6.45) is -0.0000741. The number of hydrogen-bond donors (Lipinski definition) is 0. The number of carbonyl (C=O) groups excluding carboxylic acids is 2. The zero-order chi connectivity index (χ0) is 24.3. The monoisotopic (exact) mass is 470 g/mol. The molecule has 8 heteroatoms. The highest BCUT2D eigenvalue weighted by molar-refractivity contribution is 5.94. The Labute approximate surface area is 198 Å². The highest BCUT2D eigenvalue weighted by atomic mass is 19.1. The molecule has 0 fully saturated rings. The third-order valence-electron chi connectivity index (χ3n) is 6.75. The van der Waals surface area contributed by atoms with E-state index in [0.717, 1.165) is 22.5 Å². The van der Waals surface area contributed by atoms with Crippen LogP contribution in [0.15, 0.2) is 65.5 Å². The quantitative estimate of drug-likeness (QED) is 0.369. The lowest BCUT2D eigenvalue weighted by molar-refractivity contribution is -0.173. The average Bonchev–Trinajstić information content (AvgIpc) is 3.22. The van der Waals surface area contributed by atoms with Gasteiger partial charge in [-0.05, 0) is 36.8 Å². The Hall–Kier alpha value is -4.33. The van der Waals surface area contributed by atoms with E-state index in [1.54, 1.807) is 17.6 Å². The molecule has 2 aliphatic rings. The van der Waals surface area contributed by atoms with Crippen molar-refractivity contribution < 1.29 is 23.5 Å². The minimum Gasteiger partial charge on any atom is -0.457 e. The summed E-state index contributed by atoms with van der Waals surface area (Å²) in [5.41, 5.74) is 0.758. The number of aromatic nitrogens is 2. The Morgan fingerprint density at radius 1 is 1.14 bits per heavy atom. The molecule has 0 spiro atoms. The van der Waals surface area contributed by atoms with Gasteiger partial charge in [0.1, 0.15) is 12.4 Å². The van der Waals surface area contributed by atoms with Crippen LogP contribution < -0.4 is 5.56 Å². The molecular formula is C27H19FN2O5. The fourth-order valence-electron chi connectivity index (χ4n) is 4.92. The van der Waals surface area contributed by atoms with E-state index in [1.165, 1.54) is 18.2 Å². The number of para-hydroxylation sites is 1. The van der Waals surface area contributed by atoms with Crippen LogP contribution in [0, 0.1) is 5.82 Å². The van der Waals surface area contributed by atoms with Crippen molar-refractivity contribution in [2.24, 2.45) is 0 Å². The molecule has 0 saturated heterocycles. The number of carbonyl (C=O) groups is 2. The number of ether oxygens (including phenoxy) is 2. The second kappa shape index (κ2) is 7.59. The predicted molar refractivity (Wildman–Crippen MR) is 124 cm³/mol. The number of fused-ring (bicyclic) bond motifs is 5. The third kappa shape index (κ3) is 3.02. The lowest BCUT2D eigenvalue weighted by Gasteiger charge is -2.35. The smallest absolute Gasteiger partial charge is 0.355 e. The van der Waals surface area contributed by atoms with E-state index >= 15 is 0 Å². The van der Waals surface area contributed by atoms with Crippen molar-refractivity contribution in [3.63, 3.8) is 0 Å². The number of halogens is 1. The first-order valence-electron chi connectivity index (χ1n) is 11.2. The molecule has 0 radical (unpaired) electrons. The van der Waals surface area contributed by atoms with E-state index in [0.29, 0.717) is 17.9 Å². The summed E-state index contributed by atoms with van der Waals surface area (Å²) in [4.78, 5) is 44.3. The zero-order valence-corrected chi connectivity index (χ0v) is 18.7. The highest BCUT2D eigenvalue weighted by Gasteiger charge is 2.50. The molecule has 35 heavy (non-hydrogen) atoms. The average molecular weight is 470 g/mol. The summed E-state index contributed by atoms with van der Waals surface area (Å²) in [6.45, 7) is 1.74. The second-order valence-corrected chi connectivity index (χ2v) is 8.63. The van der Waals surface area contributed by atoms with Gasteiger partial charge in [-0.2, -0.15) is 0 Å². The molecule has 2 aromatic carbocycles. The van der Waals surface area contributed by atoms with Gasteiger partial charge in [0.25, 0.3) is 5.56 Å². The SMILES string of the molecule is CC[C@@]1(OC(=O)c2ccccc2F)C(=O)OCc2c1cc1n(c2=O)Cc2cc3ccccc3nc2-1. The zero-order valence-electron chi connectivity index (χ0n) is 18.7. The standard InChI is InChI=1S/C27H19FN2O5/c1-2-27(35-25(32)17-8-4-5-9-20(17)28)19-12-22-23-16(11-15-7-3-6-10-21(15)29-23)13-30(22)24(31)18(19)14-34-26(27)33/h3-12H,2,13-14H2,1H3/t27-/m0/s1. The van der Waals surface area contributed by atoms with Crippen LogP contribution in [-0.4, -0.2) is 21.5 Å². The molecule has 0 aliphatic carbocycles. The lowest BCUT2D eigenvalue weighted by Crippen LogP contribution is -2.47. The van der Waals surface area contributed by atoms with Gasteiger partial charge >= 0.3 is 11.9 Å². The van der Waals surface area contributed by atoms with Crippen molar-refractivity contribution in [1.29, 1.82) is 0 Å². The van der Waals surface area contributed by atoms with Crippen molar-refractivity contribution in [2.45, 2.75) is 32.1 Å². The van der Waals surface area contributed by atoms with Gasteiger partial charge < -0.3 is 14.0 Å². The molecular weight excluding hydrogens is 451 g/mol. The molecule has 2 aliphatic heterocycles. The van der Waals surface area contributed by atoms with Crippen molar-refractivity contribution in [2.75, 3.05) is 0 Å². The Morgan fingerprint density at radius 3 is 2.71 bits per heavy atom. The topological polar surface area (TPSA) is 87.5 Å². The summed E-state index contributed by atoms with van der Waals surface area (Å²) in [7, 11) is 0. The first-order chi connectivity index (χ1) is 16.9. The molecule has 2 aromatic heterocycles. The molecule has 0 saturated carbocycles. The largest absolute Gasteiger partial charge is 0.457 e. The van der Waals surface area contributed by atoms with Crippen LogP contribution in [-0.2, 0) is 33.0 Å². The van der Waals surface area contributed by atoms with E-state index in [1.807, 2.05) is 30.3 Å². The maximum atomic E-state index is 14.3. The third-order valence-corrected chi connectivity index (χ3v) is 6.75. The number of nitrogens with zero attached hydrogens (tertiary/aromatic N) is 2. The van der Waals surface area contributed by atoms with Crippen LogP contribution in [0.5, 0.6) is 0 Å². The molecule has 1 atom stereocenters. The molecule has 174 valence electrons. The van der Waals surface area contributed by atoms with Gasteiger partial charge in [-0.25, -0.2) is 19.0 Å². The Bertz CT molecular complexity index is 1630. The van der Waals surface area contributed by atoms with Crippen LogP contribution in [0.3, 0.4) is 0 Å². The molecule has 4 heterocycles. The molecule has 0 bridgehead atoms. The van der Waals surface area contributed by atoms with Gasteiger partial charge in [0.15, 0.2) is 0 Å². The van der Waals surface area contributed by atoms with E-state index in [-0.39, 0.29) is 35.3 Å². The van der Waals surface area contributed by atoms with Crippen LogP contribution in [0.4, 0.5) is 4.39 Å². The molecule has 0 amide bonds. The van der Waals surface area contributed by atoms with Crippen LogP contribution in [0.25, 0.3) is 22.3 Å². The summed E-state index contributed by atoms with van der Waals surface area (Å²) >= 11 is 0. The lowest BCUT2D eigenvalue weighted by atomic mass is 9.85. The number of cyclic esters (lactones) is 1. The maximum absolute atomic E-state index is 14.3. The van der Waals surface area contributed by atoms with Crippen LogP contribution >= 0.6 is 0 Å². The number of esters is 2. The number of hydrogen-bond acceptors (Lipinski definition) is 6. The fraction of sp³-hybridized carbons (Fsp3) is 0.185. The molecule has 4 aromatic rings. The minimum absolute atomic E-state index is 0.0000741. The van der Waals surface area contributed by atoms with Gasteiger partial charge in [0, 0.05) is 16.5 Å². The van der Waals surface area contributed by atoms with Crippen LogP contribution in [0.2, 0.25) is 0 Å². The predicted octanol–water partition coefficient (Wildman–Crippen LogP) is 4.08. The fourth-order valence-corrected chi connectivity index (χ4v) is 4.92. The normalized spacial score (nSPS) is 17.9. The summed E-state index contributed by atoms with van der Waals surface area (Å²) in [5, 5.41) is 0.956. The van der Waals surface area contributed by atoms with Gasteiger partial charge in [0.2, 0.25) is 5.60 Å². The van der Waals surface area contributed by atoms with Crippen molar-refractivity contribution in [3.05, 3.63) is 99.1 Å². The summed E-state index contributed by atoms with van der Waals surface area (Å²) in [6, 6.07) is 16.7.